The van der Waals surface area contributed by atoms with Crippen LogP contribution in [0.3, 0.4) is 0 Å². The van der Waals surface area contributed by atoms with Crippen molar-refractivity contribution in [1.29, 1.82) is 5.26 Å². The van der Waals surface area contributed by atoms with Crippen molar-refractivity contribution in [3.63, 3.8) is 0 Å². The van der Waals surface area contributed by atoms with Gasteiger partial charge in [0, 0.05) is 37.7 Å². The lowest BCUT2D eigenvalue weighted by atomic mass is 9.97. The fraction of sp³-hybridized carbons (Fsp3) is 0.393. The second-order valence-electron chi connectivity index (χ2n) is 9.43. The Labute approximate surface area is 215 Å². The Bertz CT molecular complexity index is 1260. The summed E-state index contributed by atoms with van der Waals surface area (Å²) in [4.78, 5) is 14.3. The van der Waals surface area contributed by atoms with Crippen molar-refractivity contribution in [3.05, 3.63) is 71.5 Å². The third-order valence-corrected chi connectivity index (χ3v) is 6.81. The molecule has 0 N–H and O–H groups in total. The van der Waals surface area contributed by atoms with Crippen LogP contribution in [0.4, 0.5) is 9.18 Å². The molecule has 1 amide bonds. The number of nitrogens with zero attached hydrogens (tertiary/aromatic N) is 4. The first-order valence-electron chi connectivity index (χ1n) is 12.6. The first-order valence-corrected chi connectivity index (χ1v) is 12.6. The summed E-state index contributed by atoms with van der Waals surface area (Å²) in [6.45, 7) is 3.28. The van der Waals surface area contributed by atoms with Crippen LogP contribution in [-0.4, -0.2) is 53.2 Å². The van der Waals surface area contributed by atoms with Crippen LogP contribution in [0.1, 0.15) is 30.4 Å². The van der Waals surface area contributed by atoms with Crippen molar-refractivity contribution in [3.8, 4) is 23.2 Å². The molecule has 0 radical (unpaired) electrons. The number of likely N-dealkylation sites (tertiary alicyclic amines) is 1. The molecule has 9 heteroatoms. The third kappa shape index (κ3) is 6.09. The maximum Gasteiger partial charge on any atom is 0.410 e. The van der Waals surface area contributed by atoms with Gasteiger partial charge >= 0.3 is 6.09 Å². The van der Waals surface area contributed by atoms with Gasteiger partial charge in [-0.2, -0.15) is 10.4 Å². The molecule has 37 heavy (non-hydrogen) atoms. The van der Waals surface area contributed by atoms with Crippen LogP contribution in [0.2, 0.25) is 0 Å². The first kappa shape index (κ1) is 24.8. The van der Waals surface area contributed by atoms with Gasteiger partial charge < -0.3 is 19.1 Å². The van der Waals surface area contributed by atoms with Gasteiger partial charge in [0.2, 0.25) is 5.88 Å². The smallest absolute Gasteiger partial charge is 0.410 e. The molecule has 3 aromatic rings. The minimum atomic E-state index is -0.576. The second-order valence-corrected chi connectivity index (χ2v) is 9.43. The lowest BCUT2D eigenvalue weighted by molar-refractivity contribution is 0.0793. The monoisotopic (exact) mass is 504 g/mol. The second kappa shape index (κ2) is 11.4. The molecule has 2 saturated heterocycles. The van der Waals surface area contributed by atoms with Crippen LogP contribution >= 0.6 is 0 Å². The van der Waals surface area contributed by atoms with Crippen molar-refractivity contribution in [2.24, 2.45) is 5.92 Å². The highest BCUT2D eigenvalue weighted by Gasteiger charge is 2.27. The van der Waals surface area contributed by atoms with Gasteiger partial charge in [0.15, 0.2) is 0 Å². The molecule has 0 bridgehead atoms. The molecule has 3 heterocycles. The number of amides is 1. The van der Waals surface area contributed by atoms with Gasteiger partial charge in [0.1, 0.15) is 24.6 Å². The molecule has 8 nitrogen and oxygen atoms in total. The average molecular weight is 505 g/mol. The van der Waals surface area contributed by atoms with Gasteiger partial charge in [0.25, 0.3) is 0 Å². The lowest BCUT2D eigenvalue weighted by Gasteiger charge is -2.31. The topological polar surface area (TPSA) is 89.6 Å². The van der Waals surface area contributed by atoms with E-state index in [0.29, 0.717) is 55.9 Å². The number of carbonyl (C=O) groups excluding carboxylic acids is 1. The first-order chi connectivity index (χ1) is 18.1. The molecule has 2 aliphatic heterocycles. The molecular weight excluding hydrogens is 475 g/mol. The number of rotatable bonds is 7. The van der Waals surface area contributed by atoms with E-state index in [2.05, 4.69) is 0 Å². The SMILES string of the molecule is N#Cc1ccc(-c2cc(O[C@H]3CCOC3)n(CC3CCN(C(=O)OCc4ccccc4)CC3)n2)cc1F. The highest BCUT2D eigenvalue weighted by atomic mass is 19.1. The molecule has 0 saturated carbocycles. The largest absolute Gasteiger partial charge is 0.472 e. The van der Waals surface area contributed by atoms with E-state index in [0.717, 1.165) is 24.8 Å². The molecular formula is C28H29FN4O4. The van der Waals surface area contributed by atoms with Crippen LogP contribution in [0.15, 0.2) is 54.6 Å². The van der Waals surface area contributed by atoms with Gasteiger partial charge in [0.05, 0.1) is 24.5 Å². The average Bonchev–Trinajstić information content (AvgIpc) is 3.59. The Kier molecular flexibility index (Phi) is 7.66. The van der Waals surface area contributed by atoms with Crippen LogP contribution in [0.25, 0.3) is 11.3 Å². The predicted octanol–water partition coefficient (Wildman–Crippen LogP) is 4.78. The zero-order chi connectivity index (χ0) is 25.6. The van der Waals surface area contributed by atoms with Gasteiger partial charge in [-0.15, -0.1) is 0 Å². The normalized spacial score (nSPS) is 17.9. The zero-order valence-electron chi connectivity index (χ0n) is 20.5. The summed E-state index contributed by atoms with van der Waals surface area (Å²) in [5, 5.41) is 13.8. The molecule has 2 fully saturated rings. The highest BCUT2D eigenvalue weighted by Crippen LogP contribution is 2.29. The molecule has 192 valence electrons. The number of nitriles is 1. The van der Waals surface area contributed by atoms with Gasteiger partial charge in [-0.25, -0.2) is 13.9 Å². The van der Waals surface area contributed by atoms with Crippen LogP contribution in [0.5, 0.6) is 5.88 Å². The maximum absolute atomic E-state index is 14.2. The quantitative estimate of drug-likeness (QED) is 0.460. The van der Waals surface area contributed by atoms with Crippen molar-refractivity contribution in [2.45, 2.75) is 38.5 Å². The molecule has 5 rings (SSSR count). The van der Waals surface area contributed by atoms with Gasteiger partial charge in [-0.05, 0) is 36.5 Å². The van der Waals surface area contributed by atoms with Gasteiger partial charge in [-0.3, -0.25) is 0 Å². The van der Waals surface area contributed by atoms with E-state index in [1.807, 2.05) is 47.1 Å². The summed E-state index contributed by atoms with van der Waals surface area (Å²) in [5.74, 6) is 0.332. The maximum atomic E-state index is 14.2. The third-order valence-electron chi connectivity index (χ3n) is 6.81. The minimum Gasteiger partial charge on any atom is -0.472 e. The fourth-order valence-corrected chi connectivity index (χ4v) is 4.66. The van der Waals surface area contributed by atoms with Crippen molar-refractivity contribution >= 4 is 6.09 Å². The number of piperidine rings is 1. The Morgan fingerprint density at radius 1 is 1.14 bits per heavy atom. The van der Waals surface area contributed by atoms with E-state index < -0.39 is 5.82 Å². The molecule has 0 aliphatic carbocycles. The van der Waals surface area contributed by atoms with Crippen LogP contribution < -0.4 is 4.74 Å². The summed E-state index contributed by atoms with van der Waals surface area (Å²) in [6, 6.07) is 17.8. The standard InChI is InChI=1S/C28H29FN4O4/c29-25-14-22(6-7-23(25)16-30)26-15-27(37-24-10-13-35-19-24)33(31-26)17-20-8-11-32(12-9-20)28(34)36-18-21-4-2-1-3-5-21/h1-7,14-15,20,24H,8-13,17-19H2/t24-/m0/s1. The molecule has 1 aromatic heterocycles. The fourth-order valence-electron chi connectivity index (χ4n) is 4.66. The summed E-state index contributed by atoms with van der Waals surface area (Å²) in [7, 11) is 0. The number of halogens is 1. The van der Waals surface area contributed by atoms with Gasteiger partial charge in [-0.1, -0.05) is 36.4 Å². The molecule has 2 aromatic carbocycles. The van der Waals surface area contributed by atoms with Crippen LogP contribution in [-0.2, 0) is 22.6 Å². The van der Waals surface area contributed by atoms with E-state index in [4.69, 9.17) is 24.6 Å². The number of aromatic nitrogens is 2. The lowest BCUT2D eigenvalue weighted by Crippen LogP contribution is -2.39. The van der Waals surface area contributed by atoms with Crippen LogP contribution in [0, 0.1) is 23.1 Å². The Morgan fingerprint density at radius 3 is 2.65 bits per heavy atom. The molecule has 2 aliphatic rings. The number of hydrogen-bond acceptors (Lipinski definition) is 6. The highest BCUT2D eigenvalue weighted by molar-refractivity contribution is 5.67. The number of benzene rings is 2. The van der Waals surface area contributed by atoms with E-state index >= 15 is 0 Å². The molecule has 1 atom stereocenters. The predicted molar refractivity (Wildman–Crippen MR) is 133 cm³/mol. The summed E-state index contributed by atoms with van der Waals surface area (Å²) in [6.07, 6.45) is 2.08. The van der Waals surface area contributed by atoms with Crippen molar-refractivity contribution < 1.29 is 23.4 Å². The van der Waals surface area contributed by atoms with E-state index in [-0.39, 0.29) is 24.4 Å². The summed E-state index contributed by atoms with van der Waals surface area (Å²) >= 11 is 0. The number of carbonyl (C=O) groups is 1. The Hall–Kier alpha value is -3.90. The zero-order valence-corrected chi connectivity index (χ0v) is 20.5. The molecule has 0 unspecified atom stereocenters. The number of ether oxygens (including phenoxy) is 3. The minimum absolute atomic E-state index is 0.00295. The van der Waals surface area contributed by atoms with E-state index in [1.54, 1.807) is 11.0 Å². The van der Waals surface area contributed by atoms with E-state index in [1.165, 1.54) is 12.1 Å². The molecule has 0 spiro atoms. The van der Waals surface area contributed by atoms with E-state index in [9.17, 15) is 9.18 Å². The summed E-state index contributed by atoms with van der Waals surface area (Å²) in [5.41, 5.74) is 2.12. The summed E-state index contributed by atoms with van der Waals surface area (Å²) < 4.78 is 33.2. The van der Waals surface area contributed by atoms with Crippen molar-refractivity contribution in [1.82, 2.24) is 14.7 Å². The number of hydrogen-bond donors (Lipinski definition) is 0. The Morgan fingerprint density at radius 2 is 1.95 bits per heavy atom. The Balaban J connectivity index is 1.23. The van der Waals surface area contributed by atoms with Crippen molar-refractivity contribution in [2.75, 3.05) is 26.3 Å².